The lowest BCUT2D eigenvalue weighted by Crippen LogP contribution is -2.09. The smallest absolute Gasteiger partial charge is 0.0161 e. The SMILES string of the molecule is Cc1cc(C(=C=C=C(c2cc(C)sc2C)C(C)(C)C)C(C)(C)C)c(C)s1. The summed E-state index contributed by atoms with van der Waals surface area (Å²) >= 11 is 3.72. The molecular weight excluding hydrogens is 352 g/mol. The Balaban J connectivity index is 2.87. The summed E-state index contributed by atoms with van der Waals surface area (Å²) in [5.41, 5.74) is 12.4. The first kappa shape index (κ1) is 21.0. The Morgan fingerprint density at radius 3 is 1.15 bits per heavy atom. The Kier molecular flexibility index (Phi) is 5.96. The van der Waals surface area contributed by atoms with Crippen LogP contribution < -0.4 is 0 Å². The van der Waals surface area contributed by atoms with E-state index in [4.69, 9.17) is 0 Å². The molecule has 0 atom stereocenters. The van der Waals surface area contributed by atoms with Crippen LogP contribution in [0, 0.1) is 38.5 Å². The summed E-state index contributed by atoms with van der Waals surface area (Å²) in [5, 5.41) is 0. The Morgan fingerprint density at radius 1 is 0.654 bits per heavy atom. The van der Waals surface area contributed by atoms with E-state index >= 15 is 0 Å². The van der Waals surface area contributed by atoms with E-state index in [1.807, 2.05) is 22.7 Å². The predicted molar refractivity (Wildman–Crippen MR) is 120 cm³/mol. The second-order valence-electron chi connectivity index (χ2n) is 9.15. The first-order valence-corrected chi connectivity index (χ1v) is 10.9. The van der Waals surface area contributed by atoms with Crippen molar-refractivity contribution in [3.8, 4) is 0 Å². The molecule has 0 aromatic carbocycles. The molecule has 0 nitrogen and oxygen atoms in total. The van der Waals surface area contributed by atoms with Gasteiger partial charge in [-0.1, -0.05) is 53.0 Å². The number of rotatable bonds is 2. The van der Waals surface area contributed by atoms with E-state index in [1.54, 1.807) is 0 Å². The van der Waals surface area contributed by atoms with Crippen LogP contribution in [0.3, 0.4) is 0 Å². The molecular formula is C24H32S2. The third-order valence-electron chi connectivity index (χ3n) is 4.43. The second kappa shape index (κ2) is 7.37. The summed E-state index contributed by atoms with van der Waals surface area (Å²) in [5.74, 6) is 0. The van der Waals surface area contributed by atoms with Gasteiger partial charge in [-0.3, -0.25) is 0 Å². The van der Waals surface area contributed by atoms with Crippen molar-refractivity contribution < 1.29 is 0 Å². The minimum absolute atomic E-state index is 0.0217. The lowest BCUT2D eigenvalue weighted by atomic mass is 9.81. The zero-order valence-corrected chi connectivity index (χ0v) is 19.6. The summed E-state index contributed by atoms with van der Waals surface area (Å²) in [6, 6.07) is 4.60. The van der Waals surface area contributed by atoms with E-state index in [1.165, 1.54) is 41.8 Å². The number of thiophene rings is 2. The normalized spacial score (nSPS) is 11.9. The van der Waals surface area contributed by atoms with Gasteiger partial charge in [-0.2, -0.15) is 0 Å². The monoisotopic (exact) mass is 384 g/mol. The minimum Gasteiger partial charge on any atom is -0.145 e. The van der Waals surface area contributed by atoms with E-state index in [2.05, 4.69) is 92.8 Å². The van der Waals surface area contributed by atoms with Crippen LogP contribution in [0.2, 0.25) is 0 Å². The molecule has 0 amide bonds. The molecule has 0 bridgehead atoms. The van der Waals surface area contributed by atoms with Gasteiger partial charge in [-0.15, -0.1) is 22.7 Å². The van der Waals surface area contributed by atoms with Crippen LogP contribution in [-0.2, 0) is 0 Å². The van der Waals surface area contributed by atoms with Crippen molar-refractivity contribution in [2.75, 3.05) is 0 Å². The van der Waals surface area contributed by atoms with Gasteiger partial charge >= 0.3 is 0 Å². The maximum atomic E-state index is 3.61. The summed E-state index contributed by atoms with van der Waals surface area (Å²) in [6.07, 6.45) is 0. The molecule has 26 heavy (non-hydrogen) atoms. The highest BCUT2D eigenvalue weighted by Crippen LogP contribution is 2.40. The fourth-order valence-corrected chi connectivity index (χ4v) is 5.06. The van der Waals surface area contributed by atoms with Crippen molar-refractivity contribution in [2.24, 2.45) is 10.8 Å². The number of hydrogen-bond acceptors (Lipinski definition) is 2. The Hall–Kier alpha value is -1.30. The molecule has 0 aliphatic heterocycles. The molecule has 2 rings (SSSR count). The van der Waals surface area contributed by atoms with Crippen LogP contribution in [0.1, 0.15) is 72.2 Å². The average Bonchev–Trinajstić information content (AvgIpc) is 2.93. The quantitative estimate of drug-likeness (QED) is 0.456. The van der Waals surface area contributed by atoms with Crippen LogP contribution in [0.5, 0.6) is 0 Å². The topological polar surface area (TPSA) is 0 Å². The summed E-state index contributed by atoms with van der Waals surface area (Å²) in [6.45, 7) is 22.4. The molecule has 2 heteroatoms. The summed E-state index contributed by atoms with van der Waals surface area (Å²) in [4.78, 5) is 5.43. The van der Waals surface area contributed by atoms with Crippen molar-refractivity contribution >= 4 is 33.8 Å². The zero-order chi connectivity index (χ0) is 19.9. The third-order valence-corrected chi connectivity index (χ3v) is 6.36. The number of hydrogen-bond donors (Lipinski definition) is 0. The molecule has 2 aromatic rings. The maximum absolute atomic E-state index is 3.61. The predicted octanol–water partition coefficient (Wildman–Crippen LogP) is 8.36. The van der Waals surface area contributed by atoms with Crippen molar-refractivity contribution in [1.82, 2.24) is 0 Å². The molecule has 2 heterocycles. The summed E-state index contributed by atoms with van der Waals surface area (Å²) in [7, 11) is 0. The molecule has 0 unspecified atom stereocenters. The van der Waals surface area contributed by atoms with Gasteiger partial charge in [0.25, 0.3) is 0 Å². The first-order valence-electron chi connectivity index (χ1n) is 9.22. The van der Waals surface area contributed by atoms with E-state index in [9.17, 15) is 0 Å². The number of allylic oxidation sites excluding steroid dienone is 2. The van der Waals surface area contributed by atoms with Crippen LogP contribution >= 0.6 is 22.7 Å². The van der Waals surface area contributed by atoms with Crippen LogP contribution in [0.25, 0.3) is 11.1 Å². The minimum atomic E-state index is 0.0217. The van der Waals surface area contributed by atoms with E-state index in [0.717, 1.165) is 0 Å². The molecule has 0 aliphatic rings. The average molecular weight is 385 g/mol. The molecule has 0 spiro atoms. The maximum Gasteiger partial charge on any atom is 0.0161 e. The molecule has 0 aliphatic carbocycles. The van der Waals surface area contributed by atoms with Crippen molar-refractivity contribution in [2.45, 2.75) is 69.2 Å². The second-order valence-corrected chi connectivity index (χ2v) is 12.1. The van der Waals surface area contributed by atoms with Gasteiger partial charge in [0.15, 0.2) is 0 Å². The van der Waals surface area contributed by atoms with Crippen molar-refractivity contribution in [3.63, 3.8) is 0 Å². The van der Waals surface area contributed by atoms with Gasteiger partial charge in [0.2, 0.25) is 0 Å². The van der Waals surface area contributed by atoms with E-state index in [-0.39, 0.29) is 10.8 Å². The molecule has 140 valence electrons. The van der Waals surface area contributed by atoms with E-state index < -0.39 is 0 Å². The van der Waals surface area contributed by atoms with Crippen LogP contribution in [0.15, 0.2) is 23.6 Å². The fourth-order valence-electron chi connectivity index (χ4n) is 3.20. The summed E-state index contributed by atoms with van der Waals surface area (Å²) < 4.78 is 0. The molecule has 0 N–H and O–H groups in total. The van der Waals surface area contributed by atoms with E-state index in [0.29, 0.717) is 0 Å². The van der Waals surface area contributed by atoms with Crippen molar-refractivity contribution in [3.05, 3.63) is 54.2 Å². The van der Waals surface area contributed by atoms with Crippen molar-refractivity contribution in [1.29, 1.82) is 0 Å². The van der Waals surface area contributed by atoms with Crippen LogP contribution in [-0.4, -0.2) is 0 Å². The lowest BCUT2D eigenvalue weighted by molar-refractivity contribution is 0.565. The Bertz CT molecular complexity index is 828. The Morgan fingerprint density at radius 2 is 0.962 bits per heavy atom. The lowest BCUT2D eigenvalue weighted by Gasteiger charge is -2.22. The van der Waals surface area contributed by atoms with Gasteiger partial charge < -0.3 is 0 Å². The fraction of sp³-hybridized carbons (Fsp3) is 0.500. The standard InChI is InChI=1S/C24H32S2/c1-15-13-19(17(3)25-15)21(23(5,6)7)11-12-22(24(8,9)10)20-14-16(2)26-18(20)4/h13-14H,1-10H3. The van der Waals surface area contributed by atoms with Gasteiger partial charge in [0, 0.05) is 41.8 Å². The molecule has 0 saturated heterocycles. The van der Waals surface area contributed by atoms with Crippen LogP contribution in [0.4, 0.5) is 0 Å². The Labute approximate surface area is 168 Å². The molecule has 0 fully saturated rings. The third kappa shape index (κ3) is 4.70. The van der Waals surface area contributed by atoms with Gasteiger partial charge in [-0.05, 0) is 50.7 Å². The van der Waals surface area contributed by atoms with Gasteiger partial charge in [0.1, 0.15) is 0 Å². The van der Waals surface area contributed by atoms with Gasteiger partial charge in [0.05, 0.1) is 0 Å². The zero-order valence-electron chi connectivity index (χ0n) is 18.0. The first-order chi connectivity index (χ1) is 11.8. The molecule has 2 aromatic heterocycles. The highest BCUT2D eigenvalue weighted by atomic mass is 32.1. The molecule has 0 saturated carbocycles. The highest BCUT2D eigenvalue weighted by Gasteiger charge is 2.23. The highest BCUT2D eigenvalue weighted by molar-refractivity contribution is 7.12. The largest absolute Gasteiger partial charge is 0.145 e. The van der Waals surface area contributed by atoms with Gasteiger partial charge in [-0.25, -0.2) is 0 Å². The number of aryl methyl sites for hydroxylation is 4. The molecule has 0 radical (unpaired) electrons.